The zero-order valence-corrected chi connectivity index (χ0v) is 13.0. The number of benzene rings is 1. The lowest BCUT2D eigenvalue weighted by Gasteiger charge is -2.08. The van der Waals surface area contributed by atoms with Gasteiger partial charge in [-0.1, -0.05) is 11.2 Å². The number of aryl methyl sites for hydroxylation is 2. The van der Waals surface area contributed by atoms with Gasteiger partial charge in [0.25, 0.3) is 5.91 Å². The van der Waals surface area contributed by atoms with Crippen LogP contribution < -0.4 is 10.1 Å². The number of aromatic nitrogens is 1. The van der Waals surface area contributed by atoms with Crippen molar-refractivity contribution in [2.24, 2.45) is 0 Å². The Morgan fingerprint density at radius 1 is 1.36 bits per heavy atom. The minimum Gasteiger partial charge on any atom is -0.489 e. The van der Waals surface area contributed by atoms with E-state index in [1.807, 2.05) is 19.9 Å². The molecule has 0 fully saturated rings. The van der Waals surface area contributed by atoms with Crippen LogP contribution in [0.4, 0.5) is 0 Å². The Hall–Kier alpha value is -2.34. The average molecular weight is 304 g/mol. The largest absolute Gasteiger partial charge is 0.489 e. The third kappa shape index (κ3) is 4.08. The molecule has 1 heterocycles. The summed E-state index contributed by atoms with van der Waals surface area (Å²) < 4.78 is 15.7. The first-order valence-electron chi connectivity index (χ1n) is 7.03. The zero-order chi connectivity index (χ0) is 15.9. The van der Waals surface area contributed by atoms with Crippen molar-refractivity contribution in [1.29, 1.82) is 0 Å². The second-order valence-electron chi connectivity index (χ2n) is 4.87. The SMILES string of the molecule is COCCNC(=O)c1cccc(OCc2c(C)noc2C)c1. The quantitative estimate of drug-likeness (QED) is 0.794. The molecule has 6 heteroatoms. The number of nitrogens with zero attached hydrogens (tertiary/aromatic N) is 1. The van der Waals surface area contributed by atoms with Gasteiger partial charge in [-0.15, -0.1) is 0 Å². The highest BCUT2D eigenvalue weighted by molar-refractivity contribution is 5.94. The molecule has 6 nitrogen and oxygen atoms in total. The topological polar surface area (TPSA) is 73.6 Å². The average Bonchev–Trinajstić information content (AvgIpc) is 2.84. The molecule has 118 valence electrons. The lowest BCUT2D eigenvalue weighted by Crippen LogP contribution is -2.26. The van der Waals surface area contributed by atoms with E-state index in [2.05, 4.69) is 10.5 Å². The third-order valence-corrected chi connectivity index (χ3v) is 3.25. The molecular formula is C16H20N2O4. The fraction of sp³-hybridized carbons (Fsp3) is 0.375. The van der Waals surface area contributed by atoms with Crippen molar-refractivity contribution in [2.75, 3.05) is 20.3 Å². The Morgan fingerprint density at radius 2 is 2.18 bits per heavy atom. The summed E-state index contributed by atoms with van der Waals surface area (Å²) in [5, 5.41) is 6.66. The summed E-state index contributed by atoms with van der Waals surface area (Å²) >= 11 is 0. The first-order chi connectivity index (χ1) is 10.6. The smallest absolute Gasteiger partial charge is 0.251 e. The molecule has 0 radical (unpaired) electrons. The number of carbonyl (C=O) groups is 1. The highest BCUT2D eigenvalue weighted by Crippen LogP contribution is 2.18. The number of rotatable bonds is 7. The maximum absolute atomic E-state index is 12.0. The summed E-state index contributed by atoms with van der Waals surface area (Å²) in [6.07, 6.45) is 0. The van der Waals surface area contributed by atoms with Crippen LogP contribution in [-0.2, 0) is 11.3 Å². The molecule has 1 aromatic heterocycles. The number of hydrogen-bond donors (Lipinski definition) is 1. The molecule has 1 N–H and O–H groups in total. The minimum atomic E-state index is -0.153. The summed E-state index contributed by atoms with van der Waals surface area (Å²) in [6, 6.07) is 7.04. The number of nitrogens with one attached hydrogen (secondary N) is 1. The molecule has 0 aliphatic rings. The Balaban J connectivity index is 1.98. The standard InChI is InChI=1S/C16H20N2O4/c1-11-15(12(2)22-18-11)10-21-14-6-4-5-13(9-14)16(19)17-7-8-20-3/h4-6,9H,7-8,10H2,1-3H3,(H,17,19). The first-order valence-corrected chi connectivity index (χ1v) is 7.03. The summed E-state index contributed by atoms with van der Waals surface area (Å²) in [4.78, 5) is 12.0. The molecule has 0 unspecified atom stereocenters. The van der Waals surface area contributed by atoms with Crippen LogP contribution in [0.2, 0.25) is 0 Å². The Labute approximate surface area is 129 Å². The van der Waals surface area contributed by atoms with E-state index in [9.17, 15) is 4.79 Å². The lowest BCUT2D eigenvalue weighted by molar-refractivity contribution is 0.0936. The van der Waals surface area contributed by atoms with Crippen LogP contribution in [0.5, 0.6) is 5.75 Å². The normalized spacial score (nSPS) is 10.5. The Kier molecular flexibility index (Phi) is 5.55. The van der Waals surface area contributed by atoms with Gasteiger partial charge in [0.15, 0.2) is 0 Å². The molecule has 22 heavy (non-hydrogen) atoms. The summed E-state index contributed by atoms with van der Waals surface area (Å²) in [6.45, 7) is 5.02. The van der Waals surface area contributed by atoms with E-state index >= 15 is 0 Å². The molecule has 0 atom stereocenters. The Bertz CT molecular complexity index is 617. The van der Waals surface area contributed by atoms with E-state index in [4.69, 9.17) is 14.0 Å². The van der Waals surface area contributed by atoms with E-state index in [0.717, 1.165) is 17.0 Å². The van der Waals surface area contributed by atoms with Gasteiger partial charge >= 0.3 is 0 Å². The number of amides is 1. The van der Waals surface area contributed by atoms with Gasteiger partial charge in [0, 0.05) is 19.2 Å². The number of methoxy groups -OCH3 is 1. The van der Waals surface area contributed by atoms with Crippen molar-refractivity contribution in [1.82, 2.24) is 10.5 Å². The van der Waals surface area contributed by atoms with Crippen molar-refractivity contribution in [2.45, 2.75) is 20.5 Å². The van der Waals surface area contributed by atoms with Crippen molar-refractivity contribution in [3.05, 3.63) is 46.8 Å². The van der Waals surface area contributed by atoms with Crippen molar-refractivity contribution in [3.63, 3.8) is 0 Å². The minimum absolute atomic E-state index is 0.153. The maximum atomic E-state index is 12.0. The van der Waals surface area contributed by atoms with Gasteiger partial charge in [0.2, 0.25) is 0 Å². The van der Waals surface area contributed by atoms with Crippen molar-refractivity contribution in [3.8, 4) is 5.75 Å². The van der Waals surface area contributed by atoms with Crippen LogP contribution in [-0.4, -0.2) is 31.3 Å². The van der Waals surface area contributed by atoms with Gasteiger partial charge in [-0.3, -0.25) is 4.79 Å². The molecule has 0 aliphatic carbocycles. The van der Waals surface area contributed by atoms with E-state index < -0.39 is 0 Å². The third-order valence-electron chi connectivity index (χ3n) is 3.25. The predicted molar refractivity (Wildman–Crippen MR) is 81.0 cm³/mol. The van der Waals surface area contributed by atoms with Gasteiger partial charge in [-0.05, 0) is 32.0 Å². The molecule has 2 rings (SSSR count). The highest BCUT2D eigenvalue weighted by Gasteiger charge is 2.10. The zero-order valence-electron chi connectivity index (χ0n) is 13.0. The summed E-state index contributed by atoms with van der Waals surface area (Å²) in [7, 11) is 1.59. The molecule has 0 saturated heterocycles. The van der Waals surface area contributed by atoms with Crippen molar-refractivity contribution < 1.29 is 18.8 Å². The van der Waals surface area contributed by atoms with Gasteiger partial charge in [-0.2, -0.15) is 0 Å². The van der Waals surface area contributed by atoms with Crippen molar-refractivity contribution >= 4 is 5.91 Å². The first kappa shape index (κ1) is 16.0. The van der Waals surface area contributed by atoms with Crippen LogP contribution in [0, 0.1) is 13.8 Å². The number of hydrogen-bond acceptors (Lipinski definition) is 5. The van der Waals surface area contributed by atoms with Gasteiger partial charge in [0.05, 0.1) is 17.9 Å². The molecule has 0 saturated carbocycles. The monoisotopic (exact) mass is 304 g/mol. The predicted octanol–water partition coefficient (Wildman–Crippen LogP) is 2.25. The fourth-order valence-corrected chi connectivity index (χ4v) is 1.96. The van der Waals surface area contributed by atoms with Gasteiger partial charge in [0.1, 0.15) is 18.1 Å². The number of ether oxygens (including phenoxy) is 2. The fourth-order valence-electron chi connectivity index (χ4n) is 1.96. The molecule has 1 amide bonds. The second kappa shape index (κ2) is 7.61. The van der Waals surface area contributed by atoms with Crippen LogP contribution >= 0.6 is 0 Å². The van der Waals surface area contributed by atoms with E-state index in [1.54, 1.807) is 25.3 Å². The van der Waals surface area contributed by atoms with Gasteiger partial charge < -0.3 is 19.3 Å². The van der Waals surface area contributed by atoms with Crippen LogP contribution in [0.15, 0.2) is 28.8 Å². The van der Waals surface area contributed by atoms with Crippen LogP contribution in [0.1, 0.15) is 27.4 Å². The van der Waals surface area contributed by atoms with E-state index in [-0.39, 0.29) is 5.91 Å². The number of carbonyl (C=O) groups excluding carboxylic acids is 1. The summed E-state index contributed by atoms with van der Waals surface area (Å²) in [5.74, 6) is 1.21. The summed E-state index contributed by atoms with van der Waals surface area (Å²) in [5.41, 5.74) is 2.29. The molecule has 0 aliphatic heterocycles. The second-order valence-corrected chi connectivity index (χ2v) is 4.87. The van der Waals surface area contributed by atoms with Gasteiger partial charge in [-0.25, -0.2) is 0 Å². The van der Waals surface area contributed by atoms with Crippen LogP contribution in [0.3, 0.4) is 0 Å². The Morgan fingerprint density at radius 3 is 2.86 bits per heavy atom. The highest BCUT2D eigenvalue weighted by atomic mass is 16.5. The van der Waals surface area contributed by atoms with E-state index in [0.29, 0.717) is 31.1 Å². The molecule has 0 spiro atoms. The lowest BCUT2D eigenvalue weighted by atomic mass is 10.2. The van der Waals surface area contributed by atoms with Crippen LogP contribution in [0.25, 0.3) is 0 Å². The molecule has 1 aromatic carbocycles. The maximum Gasteiger partial charge on any atom is 0.251 e. The molecule has 2 aromatic rings. The molecular weight excluding hydrogens is 284 g/mol. The van der Waals surface area contributed by atoms with E-state index in [1.165, 1.54) is 0 Å². The molecule has 0 bridgehead atoms.